The molecule has 0 aromatic carbocycles. The molecular weight excluding hydrogens is 384 g/mol. The van der Waals surface area contributed by atoms with E-state index in [2.05, 4.69) is 0 Å². The van der Waals surface area contributed by atoms with E-state index in [0.717, 1.165) is 0 Å². The van der Waals surface area contributed by atoms with Crippen LogP contribution in [0.2, 0.25) is 0 Å². The average molecular weight is 391 g/mol. The molecule has 3 aliphatic rings. The van der Waals surface area contributed by atoms with Crippen molar-refractivity contribution in [3.05, 3.63) is 10.1 Å². The number of aliphatic hydroxyl groups excluding tert-OH is 1. The van der Waals surface area contributed by atoms with Crippen LogP contribution in [-0.2, 0) is 0 Å². The highest BCUT2D eigenvalue weighted by atomic mass is 35.5. The smallest absolute Gasteiger partial charge is 0.166 e. The van der Waals surface area contributed by atoms with E-state index >= 15 is 0 Å². The Labute approximate surface area is 139 Å². The SMILES string of the molecule is OC1CC2C(C1Cl)C1(Cl)C(Cl)=C(Cl)C2(Cl)C1(Cl)Cl. The van der Waals surface area contributed by atoms with Gasteiger partial charge >= 0.3 is 0 Å². The van der Waals surface area contributed by atoms with Gasteiger partial charge in [-0.15, -0.1) is 34.8 Å². The topological polar surface area (TPSA) is 20.2 Å². The van der Waals surface area contributed by atoms with Gasteiger partial charge in [-0.05, 0) is 12.3 Å². The van der Waals surface area contributed by atoms with Gasteiger partial charge in [0.15, 0.2) is 4.33 Å². The summed E-state index contributed by atoms with van der Waals surface area (Å²) in [6.45, 7) is 0. The Morgan fingerprint density at radius 3 is 2.06 bits per heavy atom. The second kappa shape index (κ2) is 3.93. The lowest BCUT2D eigenvalue weighted by molar-refractivity contribution is 0.172. The van der Waals surface area contributed by atoms with Crippen LogP contribution in [-0.4, -0.2) is 30.7 Å². The molecule has 0 spiro atoms. The minimum Gasteiger partial charge on any atom is -0.392 e. The molecule has 102 valence electrons. The first kappa shape index (κ1) is 14.7. The first-order valence-electron chi connectivity index (χ1n) is 5.25. The van der Waals surface area contributed by atoms with E-state index in [1.54, 1.807) is 0 Å². The van der Waals surface area contributed by atoms with Gasteiger partial charge in [0, 0.05) is 5.92 Å². The third-order valence-corrected chi connectivity index (χ3v) is 9.24. The van der Waals surface area contributed by atoms with Crippen LogP contribution in [0.4, 0.5) is 0 Å². The maximum absolute atomic E-state index is 9.90. The number of halogens is 7. The summed E-state index contributed by atoms with van der Waals surface area (Å²) < 4.78 is -1.56. The van der Waals surface area contributed by atoms with E-state index in [0.29, 0.717) is 6.42 Å². The zero-order valence-electron chi connectivity index (χ0n) is 8.61. The lowest BCUT2D eigenvalue weighted by Gasteiger charge is -2.35. The molecular formula is C10H7Cl7O. The zero-order chi connectivity index (χ0) is 13.7. The van der Waals surface area contributed by atoms with Crippen LogP contribution < -0.4 is 0 Å². The minimum atomic E-state index is -1.56. The highest BCUT2D eigenvalue weighted by molar-refractivity contribution is 6.65. The molecule has 8 heteroatoms. The van der Waals surface area contributed by atoms with Gasteiger partial charge in [0.1, 0.15) is 9.75 Å². The van der Waals surface area contributed by atoms with Crippen LogP contribution in [0.15, 0.2) is 10.1 Å². The number of fused-ring (bicyclic) bond motifs is 5. The predicted octanol–water partition coefficient (Wildman–Crippen LogP) is 4.44. The number of aliphatic hydroxyl groups is 1. The molecule has 2 saturated carbocycles. The summed E-state index contributed by atoms with van der Waals surface area (Å²) in [5.74, 6) is -0.725. The third kappa shape index (κ3) is 1.22. The van der Waals surface area contributed by atoms with E-state index < -0.39 is 31.5 Å². The van der Waals surface area contributed by atoms with Gasteiger partial charge in [0.05, 0.1) is 21.5 Å². The van der Waals surface area contributed by atoms with Gasteiger partial charge in [-0.3, -0.25) is 0 Å². The average Bonchev–Trinajstić information content (AvgIpc) is 2.69. The summed E-state index contributed by atoms with van der Waals surface area (Å²) in [5.41, 5.74) is 0. The molecule has 18 heavy (non-hydrogen) atoms. The minimum absolute atomic E-state index is 0.131. The molecule has 1 N–H and O–H groups in total. The third-order valence-electron chi connectivity index (χ3n) is 4.36. The van der Waals surface area contributed by atoms with Crippen LogP contribution in [0.5, 0.6) is 0 Å². The van der Waals surface area contributed by atoms with Crippen molar-refractivity contribution >= 4 is 81.2 Å². The molecule has 0 saturated heterocycles. The van der Waals surface area contributed by atoms with E-state index in [1.165, 1.54) is 0 Å². The summed E-state index contributed by atoms with van der Waals surface area (Å²) in [4.78, 5) is -2.66. The first-order valence-corrected chi connectivity index (χ1v) is 7.96. The van der Waals surface area contributed by atoms with Crippen molar-refractivity contribution in [1.29, 1.82) is 0 Å². The molecule has 6 unspecified atom stereocenters. The number of hydrogen-bond donors (Lipinski definition) is 1. The Morgan fingerprint density at radius 2 is 1.50 bits per heavy atom. The van der Waals surface area contributed by atoms with Crippen molar-refractivity contribution in [3.8, 4) is 0 Å². The van der Waals surface area contributed by atoms with E-state index in [-0.39, 0.29) is 16.0 Å². The number of rotatable bonds is 0. The Kier molecular flexibility index (Phi) is 3.20. The second-order valence-electron chi connectivity index (χ2n) is 5.01. The standard InChI is InChI=1S/C10H7Cl7O/c11-5-3(18)1-2-4(5)9(15)7(13)6(12)8(2,14)10(9,16)17/h2-5,18H,1H2. The Hall–Kier alpha value is 1.73. The Morgan fingerprint density at radius 1 is 1.00 bits per heavy atom. The normalized spacial score (nSPS) is 57.3. The maximum Gasteiger partial charge on any atom is 0.166 e. The highest BCUT2D eigenvalue weighted by Gasteiger charge is 2.84. The molecule has 0 radical (unpaired) electrons. The monoisotopic (exact) mass is 388 g/mol. The number of alkyl halides is 5. The lowest BCUT2D eigenvalue weighted by atomic mass is 9.84. The summed E-state index contributed by atoms with van der Waals surface area (Å²) >= 11 is 44.4. The molecule has 0 aromatic rings. The Bertz CT molecular complexity index is 463. The molecule has 1 nitrogen and oxygen atoms in total. The summed E-state index contributed by atoms with van der Waals surface area (Å²) in [6.07, 6.45) is -0.382. The van der Waals surface area contributed by atoms with Crippen LogP contribution in [0.25, 0.3) is 0 Å². The largest absolute Gasteiger partial charge is 0.392 e. The van der Waals surface area contributed by atoms with Crippen molar-refractivity contribution in [3.63, 3.8) is 0 Å². The molecule has 0 aromatic heterocycles. The van der Waals surface area contributed by atoms with Crippen LogP contribution in [0.3, 0.4) is 0 Å². The molecule has 2 bridgehead atoms. The fraction of sp³-hybridized carbons (Fsp3) is 0.800. The van der Waals surface area contributed by atoms with E-state index in [1.807, 2.05) is 0 Å². The molecule has 2 fully saturated rings. The fourth-order valence-electron chi connectivity index (χ4n) is 3.52. The number of hydrogen-bond acceptors (Lipinski definition) is 1. The fourth-order valence-corrected chi connectivity index (χ4v) is 7.14. The van der Waals surface area contributed by atoms with Gasteiger partial charge in [-0.25, -0.2) is 0 Å². The zero-order valence-corrected chi connectivity index (χ0v) is 13.9. The quantitative estimate of drug-likeness (QED) is 0.606. The van der Waals surface area contributed by atoms with Gasteiger partial charge in [0.25, 0.3) is 0 Å². The molecule has 0 amide bonds. The van der Waals surface area contributed by atoms with Crippen molar-refractivity contribution in [1.82, 2.24) is 0 Å². The molecule has 6 atom stereocenters. The summed E-state index contributed by atoms with van der Waals surface area (Å²) in [5, 5.41) is 9.58. The van der Waals surface area contributed by atoms with Crippen LogP contribution in [0.1, 0.15) is 6.42 Å². The van der Waals surface area contributed by atoms with Gasteiger partial charge in [-0.2, -0.15) is 0 Å². The predicted molar refractivity (Wildman–Crippen MR) is 77.6 cm³/mol. The van der Waals surface area contributed by atoms with Crippen LogP contribution >= 0.6 is 81.2 Å². The molecule has 3 rings (SSSR count). The van der Waals surface area contributed by atoms with Crippen LogP contribution in [0, 0.1) is 11.8 Å². The molecule has 3 aliphatic carbocycles. The lowest BCUT2D eigenvalue weighted by Crippen LogP contribution is -2.47. The second-order valence-corrected chi connectivity index (χ2v) is 8.79. The highest BCUT2D eigenvalue weighted by Crippen LogP contribution is 2.79. The van der Waals surface area contributed by atoms with Gasteiger partial charge in [0.2, 0.25) is 0 Å². The van der Waals surface area contributed by atoms with E-state index in [4.69, 9.17) is 81.2 Å². The van der Waals surface area contributed by atoms with Gasteiger partial charge < -0.3 is 5.11 Å². The molecule has 0 heterocycles. The van der Waals surface area contributed by atoms with Crippen molar-refractivity contribution in [2.45, 2.75) is 32.0 Å². The first-order chi connectivity index (χ1) is 8.11. The van der Waals surface area contributed by atoms with Crippen molar-refractivity contribution in [2.24, 2.45) is 11.8 Å². The van der Waals surface area contributed by atoms with Crippen molar-refractivity contribution < 1.29 is 5.11 Å². The molecule has 0 aliphatic heterocycles. The van der Waals surface area contributed by atoms with E-state index in [9.17, 15) is 5.11 Å². The summed E-state index contributed by atoms with van der Waals surface area (Å²) in [6, 6.07) is 0. The maximum atomic E-state index is 9.90. The number of allylic oxidation sites excluding steroid dienone is 2. The Balaban J connectivity index is 2.26. The summed E-state index contributed by atoms with van der Waals surface area (Å²) in [7, 11) is 0. The van der Waals surface area contributed by atoms with Gasteiger partial charge in [-0.1, -0.05) is 46.4 Å². The van der Waals surface area contributed by atoms with Crippen molar-refractivity contribution in [2.75, 3.05) is 0 Å².